The summed E-state index contributed by atoms with van der Waals surface area (Å²) in [4.78, 5) is -0.278. The molecule has 0 aromatic rings. The van der Waals surface area contributed by atoms with Gasteiger partial charge in [0.15, 0.2) is 0 Å². The number of hydrogen-bond donors (Lipinski definition) is 0. The van der Waals surface area contributed by atoms with E-state index in [1.807, 2.05) is 0 Å². The van der Waals surface area contributed by atoms with Crippen LogP contribution in [0.1, 0.15) is 13.8 Å². The zero-order chi connectivity index (χ0) is 11.4. The summed E-state index contributed by atoms with van der Waals surface area (Å²) in [6, 6.07) is -0.799. The Labute approximate surface area is 120 Å². The number of ether oxygens (including phenoxy) is 3. The van der Waals surface area contributed by atoms with E-state index in [0.717, 1.165) is 0 Å². The Morgan fingerprint density at radius 1 is 1.29 bits per heavy atom. The van der Waals surface area contributed by atoms with E-state index in [9.17, 15) is 4.39 Å². The normalized spacial score (nSPS) is 18.3. The van der Waals surface area contributed by atoms with Gasteiger partial charge in [0.25, 0.3) is 5.79 Å². The van der Waals surface area contributed by atoms with E-state index in [4.69, 9.17) is 4.74 Å². The summed E-state index contributed by atoms with van der Waals surface area (Å²) in [6.07, 6.45) is 0. The number of halogens is 4. The minimum absolute atomic E-state index is 0.190. The molecule has 1 heterocycles. The number of methoxy groups -OCH3 is 1. The van der Waals surface area contributed by atoms with Crippen molar-refractivity contribution in [2.24, 2.45) is 0 Å². The van der Waals surface area contributed by atoms with Gasteiger partial charge < -0.3 is 14.2 Å². The Morgan fingerprint density at radius 3 is 1.86 bits per heavy atom. The van der Waals surface area contributed by atoms with Gasteiger partial charge in [0, 0.05) is 13.8 Å². The Morgan fingerprint density at radius 2 is 1.71 bits per heavy atom. The molecule has 3 nitrogen and oxygen atoms in total. The maximum absolute atomic E-state index is 12.5. The van der Waals surface area contributed by atoms with Crippen LogP contribution in [0.5, 0.6) is 0 Å². The minimum atomic E-state index is -0.935. The van der Waals surface area contributed by atoms with E-state index < -0.39 is 11.8 Å². The first kappa shape index (κ1) is 15.8. The fraction of sp³-hybridized carbons (Fsp3) is 0.667. The average molecular weight is 580 g/mol. The van der Waals surface area contributed by atoms with Gasteiger partial charge in [-0.3, -0.25) is 0 Å². The van der Waals surface area contributed by atoms with E-state index in [2.05, 4.69) is 69.4 Å². The van der Waals surface area contributed by atoms with Gasteiger partial charge in [0.05, 0.1) is 7.11 Å². The molecule has 14 heavy (non-hydrogen) atoms. The van der Waals surface area contributed by atoms with Crippen molar-refractivity contribution in [2.45, 2.75) is 19.6 Å². The van der Waals surface area contributed by atoms with Gasteiger partial charge in [0.2, 0.25) is 0 Å². The van der Waals surface area contributed by atoms with Crippen molar-refractivity contribution in [1.29, 1.82) is 0 Å². The molecule has 84 valence electrons. The van der Waals surface area contributed by atoms with Crippen LogP contribution in [0.3, 0.4) is 0 Å². The monoisotopic (exact) mass is 580 g/mol. The van der Waals surface area contributed by atoms with Crippen molar-refractivity contribution < 1.29 is 23.5 Å². The van der Waals surface area contributed by atoms with Crippen molar-refractivity contribution in [3.8, 4) is 0 Å². The molecule has 0 saturated carbocycles. The molecule has 1 aliphatic rings. The van der Waals surface area contributed by atoms with Crippen molar-refractivity contribution in [3.63, 3.8) is 0 Å². The fourth-order valence-corrected chi connectivity index (χ4v) is 0.664. The molecule has 0 radical (unpaired) electrons. The maximum atomic E-state index is 12.5. The van der Waals surface area contributed by atoms with Gasteiger partial charge in [-0.2, -0.15) is 4.39 Å². The van der Waals surface area contributed by atoms with Crippen molar-refractivity contribution in [3.05, 3.63) is 12.0 Å². The first-order valence-corrected chi connectivity index (χ1v) is 16.9. The quantitative estimate of drug-likeness (QED) is 0.437. The summed E-state index contributed by atoms with van der Waals surface area (Å²) in [5.41, 5.74) is 0. The molecular formula is C6H9FI3O3V. The first-order chi connectivity index (χ1) is 6.28. The fourth-order valence-electron chi connectivity index (χ4n) is 0.664. The molecule has 1 aliphatic heterocycles. The van der Waals surface area contributed by atoms with Crippen LogP contribution in [-0.2, 0) is 19.1 Å². The third-order valence-electron chi connectivity index (χ3n) is 1.02. The van der Waals surface area contributed by atoms with Crippen LogP contribution in [0.15, 0.2) is 12.0 Å². The molecule has 0 spiro atoms. The van der Waals surface area contributed by atoms with E-state index in [0.29, 0.717) is 0 Å². The van der Waals surface area contributed by atoms with E-state index >= 15 is 0 Å². The van der Waals surface area contributed by atoms with Gasteiger partial charge in [-0.25, -0.2) is 0 Å². The summed E-state index contributed by atoms with van der Waals surface area (Å²) < 4.78 is 26.5. The third kappa shape index (κ3) is 7.17. The summed E-state index contributed by atoms with van der Waals surface area (Å²) in [5.74, 6) is -1.12. The summed E-state index contributed by atoms with van der Waals surface area (Å²) in [7, 11) is 1.32. The van der Waals surface area contributed by atoms with Crippen LogP contribution in [0, 0.1) is 0 Å². The predicted molar refractivity (Wildman–Crippen MR) is 73.5 cm³/mol. The molecule has 0 aromatic carbocycles. The molecule has 0 saturated heterocycles. The molecule has 0 unspecified atom stereocenters. The van der Waals surface area contributed by atoms with Gasteiger partial charge in [-0.15, -0.1) is 0 Å². The topological polar surface area (TPSA) is 27.7 Å². The van der Waals surface area contributed by atoms with E-state index in [-0.39, 0.29) is 10.9 Å². The summed E-state index contributed by atoms with van der Waals surface area (Å²) in [5, 5.41) is 0. The van der Waals surface area contributed by atoms with Gasteiger partial charge >= 0.3 is 76.8 Å². The summed E-state index contributed by atoms with van der Waals surface area (Å²) >= 11 is 7.39. The molecule has 0 atom stereocenters. The predicted octanol–water partition coefficient (Wildman–Crippen LogP) is 4.17. The molecule has 0 aromatic heterocycles. The Hall–Kier alpha value is 1.84. The van der Waals surface area contributed by atoms with Crippen molar-refractivity contribution in [2.75, 3.05) is 7.11 Å². The van der Waals surface area contributed by atoms with Crippen molar-refractivity contribution >= 4 is 59.9 Å². The molecule has 0 bridgehead atoms. The first-order valence-electron chi connectivity index (χ1n) is 3.37. The Balaban J connectivity index is 0.000000364. The van der Waals surface area contributed by atoms with Crippen LogP contribution in [-0.4, -0.2) is 12.9 Å². The molecule has 0 N–H and O–H groups in total. The second kappa shape index (κ2) is 7.22. The Bertz CT molecular complexity index is 220. The van der Waals surface area contributed by atoms with Crippen LogP contribution in [0.4, 0.5) is 4.39 Å². The average Bonchev–Trinajstić information content (AvgIpc) is 2.22. The number of rotatable bonds is 1. The summed E-state index contributed by atoms with van der Waals surface area (Å²) in [6.45, 7) is 3.19. The molecule has 0 amide bonds. The molecule has 0 fully saturated rings. The van der Waals surface area contributed by atoms with Gasteiger partial charge in [-0.1, -0.05) is 0 Å². The van der Waals surface area contributed by atoms with Gasteiger partial charge in [-0.05, 0) is 0 Å². The second-order valence-corrected chi connectivity index (χ2v) is 37.9. The van der Waals surface area contributed by atoms with Crippen LogP contribution >= 0.6 is 59.9 Å². The molecular weight excluding hydrogens is 571 g/mol. The molecule has 0 aliphatic carbocycles. The molecule has 1 rings (SSSR count). The van der Waals surface area contributed by atoms with Gasteiger partial charge in [0.1, 0.15) is 0 Å². The third-order valence-corrected chi connectivity index (χ3v) is 1.02. The zero-order valence-electron chi connectivity index (χ0n) is 7.68. The van der Waals surface area contributed by atoms with E-state index in [1.165, 1.54) is 7.11 Å². The van der Waals surface area contributed by atoms with Crippen molar-refractivity contribution in [1.82, 2.24) is 0 Å². The van der Waals surface area contributed by atoms with Crippen LogP contribution < -0.4 is 0 Å². The molecule has 8 heteroatoms. The van der Waals surface area contributed by atoms with Crippen LogP contribution in [0.2, 0.25) is 0 Å². The Kier molecular flexibility index (Phi) is 8.18. The second-order valence-electron chi connectivity index (χ2n) is 2.56. The SMILES string of the molecule is COC1=C(F)OC(C)(C)O1.[I][V]([I])[I]. The standard InChI is InChI=1S/C6H9FO3.3HI.V/c1-6(2)9-4(7)5(8-3)10-6;;;;/h1-3H3;3*1H;/q;;;;+3/p-3. The number of hydrogen-bond acceptors (Lipinski definition) is 3. The zero-order valence-corrected chi connectivity index (χ0v) is 15.6. The van der Waals surface area contributed by atoms with E-state index in [1.54, 1.807) is 13.8 Å². The van der Waals surface area contributed by atoms with Crippen LogP contribution in [0.25, 0.3) is 0 Å².